The number of furan rings is 1. The van der Waals surface area contributed by atoms with E-state index in [0.29, 0.717) is 24.5 Å². The molecule has 1 fully saturated rings. The molecule has 2 atom stereocenters. The summed E-state index contributed by atoms with van der Waals surface area (Å²) in [5, 5.41) is 19.7. The molecule has 1 amide bonds. The van der Waals surface area contributed by atoms with Crippen LogP contribution in [0.5, 0.6) is 5.88 Å². The van der Waals surface area contributed by atoms with E-state index in [2.05, 4.69) is 31.1 Å². The van der Waals surface area contributed by atoms with Crippen molar-refractivity contribution < 1.29 is 14.3 Å². The highest BCUT2D eigenvalue weighted by Gasteiger charge is 2.35. The molecule has 2 aliphatic rings. The summed E-state index contributed by atoms with van der Waals surface area (Å²) in [4.78, 5) is 26.9. The minimum atomic E-state index is -0.622. The smallest absolute Gasteiger partial charge is 0.331 e. The van der Waals surface area contributed by atoms with Crippen molar-refractivity contribution in [2.75, 3.05) is 13.1 Å². The Morgan fingerprint density at radius 2 is 2.03 bits per heavy atom. The van der Waals surface area contributed by atoms with Gasteiger partial charge in [0.15, 0.2) is 11.4 Å². The van der Waals surface area contributed by atoms with Crippen molar-refractivity contribution in [3.05, 3.63) is 81.1 Å². The van der Waals surface area contributed by atoms with Crippen LogP contribution in [0.2, 0.25) is 0 Å². The van der Waals surface area contributed by atoms with Gasteiger partial charge in [-0.15, -0.1) is 10.2 Å². The van der Waals surface area contributed by atoms with E-state index in [1.165, 1.54) is 12.3 Å². The Kier molecular flexibility index (Phi) is 5.42. The molecular formula is C25H22BrN5O4. The standard InChI is InChI=1S/C25H22BrN5O4/c26-17-6-7-20-18(10-17)23(27-28-24(33)21-4-2-8-35-21)25(34)31(20)14-29-11-15-9-16(13-29)19-3-1-5-22(32)30(19)12-15/h1-8,10,15-16,34H,9,11-14H2. The molecule has 1 N–H and O–H groups in total. The van der Waals surface area contributed by atoms with Crippen LogP contribution in [-0.2, 0) is 13.2 Å². The fraction of sp³-hybridized carbons (Fsp3) is 0.280. The largest absolute Gasteiger partial charge is 0.493 e. The molecule has 0 radical (unpaired) electrons. The maximum Gasteiger partial charge on any atom is 0.331 e. The molecule has 35 heavy (non-hydrogen) atoms. The summed E-state index contributed by atoms with van der Waals surface area (Å²) in [7, 11) is 0. The number of carbonyl (C=O) groups is 1. The van der Waals surface area contributed by atoms with Gasteiger partial charge in [0.1, 0.15) is 0 Å². The molecule has 0 aliphatic carbocycles. The van der Waals surface area contributed by atoms with E-state index < -0.39 is 5.91 Å². The number of halogens is 1. The molecule has 10 heteroatoms. The molecule has 2 aliphatic heterocycles. The lowest BCUT2D eigenvalue weighted by Crippen LogP contribution is -2.47. The molecule has 2 unspecified atom stereocenters. The Hall–Kier alpha value is -3.50. The number of amides is 1. The predicted octanol–water partition coefficient (Wildman–Crippen LogP) is 4.87. The second-order valence-electron chi connectivity index (χ2n) is 9.12. The second kappa shape index (κ2) is 8.62. The van der Waals surface area contributed by atoms with Crippen LogP contribution in [-0.4, -0.2) is 38.1 Å². The first-order valence-corrected chi connectivity index (χ1v) is 12.2. The van der Waals surface area contributed by atoms with E-state index in [-0.39, 0.29) is 28.8 Å². The van der Waals surface area contributed by atoms with Crippen LogP contribution in [0.1, 0.15) is 28.6 Å². The van der Waals surface area contributed by atoms with E-state index in [4.69, 9.17) is 4.42 Å². The highest BCUT2D eigenvalue weighted by molar-refractivity contribution is 9.10. The van der Waals surface area contributed by atoms with E-state index in [0.717, 1.165) is 35.2 Å². The molecule has 3 aromatic heterocycles. The first-order chi connectivity index (χ1) is 17.0. The number of nitrogens with zero attached hydrogens (tertiary/aromatic N) is 5. The summed E-state index contributed by atoms with van der Waals surface area (Å²) in [5.41, 5.74) is 2.16. The van der Waals surface area contributed by atoms with Crippen LogP contribution in [0, 0.1) is 5.92 Å². The molecule has 1 saturated heterocycles. The van der Waals surface area contributed by atoms with Gasteiger partial charge in [-0.2, -0.15) is 0 Å². The number of carbonyl (C=O) groups excluding carboxylic acids is 1. The summed E-state index contributed by atoms with van der Waals surface area (Å²) in [6, 6.07) is 14.3. The van der Waals surface area contributed by atoms with Crippen molar-refractivity contribution in [2.45, 2.75) is 25.6 Å². The average Bonchev–Trinajstić information content (AvgIpc) is 3.46. The Labute approximate surface area is 208 Å². The minimum Gasteiger partial charge on any atom is -0.493 e. The van der Waals surface area contributed by atoms with Gasteiger partial charge in [0, 0.05) is 47.2 Å². The number of azo groups is 1. The Bertz CT molecular complexity index is 1520. The van der Waals surface area contributed by atoms with Gasteiger partial charge in [-0.1, -0.05) is 22.0 Å². The Morgan fingerprint density at radius 1 is 1.14 bits per heavy atom. The van der Waals surface area contributed by atoms with Gasteiger partial charge in [-0.05, 0) is 48.7 Å². The van der Waals surface area contributed by atoms with Gasteiger partial charge in [0.25, 0.3) is 5.56 Å². The third-order valence-electron chi connectivity index (χ3n) is 6.84. The fourth-order valence-corrected chi connectivity index (χ4v) is 5.75. The minimum absolute atomic E-state index is 0.0542. The molecule has 5 heterocycles. The molecular weight excluding hydrogens is 514 g/mol. The lowest BCUT2D eigenvalue weighted by molar-refractivity contribution is 0.0922. The predicted molar refractivity (Wildman–Crippen MR) is 132 cm³/mol. The van der Waals surface area contributed by atoms with Crippen LogP contribution in [0.15, 0.2) is 78.7 Å². The SMILES string of the molecule is O=C(N=Nc1c(O)n(CN2CC3CC(C2)c2cccc(=O)n2C3)c2ccc(Br)cc12)c1ccco1. The number of hydrogen-bond acceptors (Lipinski definition) is 6. The second-order valence-corrected chi connectivity index (χ2v) is 10.0. The van der Waals surface area contributed by atoms with Gasteiger partial charge >= 0.3 is 5.91 Å². The first kappa shape index (κ1) is 22.0. The van der Waals surface area contributed by atoms with Crippen LogP contribution < -0.4 is 5.56 Å². The number of aromatic nitrogens is 2. The third-order valence-corrected chi connectivity index (χ3v) is 7.33. The number of likely N-dealkylation sites (tertiary alicyclic amines) is 1. The van der Waals surface area contributed by atoms with Crippen molar-refractivity contribution in [1.29, 1.82) is 0 Å². The van der Waals surface area contributed by atoms with E-state index in [1.54, 1.807) is 16.7 Å². The number of aromatic hydroxyl groups is 1. The maximum absolute atomic E-state index is 12.3. The van der Waals surface area contributed by atoms with Crippen molar-refractivity contribution in [3.63, 3.8) is 0 Å². The highest BCUT2D eigenvalue weighted by atomic mass is 79.9. The summed E-state index contributed by atoms with van der Waals surface area (Å²) in [6.07, 6.45) is 2.45. The maximum atomic E-state index is 12.3. The zero-order valence-electron chi connectivity index (χ0n) is 18.7. The molecule has 0 saturated carbocycles. The van der Waals surface area contributed by atoms with E-state index >= 15 is 0 Å². The highest BCUT2D eigenvalue weighted by Crippen LogP contribution is 2.41. The lowest BCUT2D eigenvalue weighted by atomic mass is 9.83. The lowest BCUT2D eigenvalue weighted by Gasteiger charge is -2.42. The van der Waals surface area contributed by atoms with Crippen LogP contribution in [0.4, 0.5) is 5.69 Å². The van der Waals surface area contributed by atoms with Crippen LogP contribution >= 0.6 is 15.9 Å². The van der Waals surface area contributed by atoms with Crippen molar-refractivity contribution in [2.24, 2.45) is 16.1 Å². The molecule has 2 bridgehead atoms. The quantitative estimate of drug-likeness (QED) is 0.375. The van der Waals surface area contributed by atoms with Gasteiger partial charge in [0.05, 0.1) is 18.4 Å². The number of rotatable bonds is 4. The normalized spacial score (nSPS) is 19.9. The summed E-state index contributed by atoms with van der Waals surface area (Å²) in [6.45, 7) is 2.77. The van der Waals surface area contributed by atoms with Crippen LogP contribution in [0.3, 0.4) is 0 Å². The monoisotopic (exact) mass is 535 g/mol. The topological polar surface area (TPSA) is 105 Å². The van der Waals surface area contributed by atoms with Gasteiger partial charge in [0.2, 0.25) is 5.88 Å². The molecule has 9 nitrogen and oxygen atoms in total. The number of benzene rings is 1. The summed E-state index contributed by atoms with van der Waals surface area (Å²) in [5.74, 6) is 0.0334. The number of piperidine rings is 1. The molecule has 178 valence electrons. The number of pyridine rings is 1. The van der Waals surface area contributed by atoms with Crippen molar-refractivity contribution in [1.82, 2.24) is 14.0 Å². The van der Waals surface area contributed by atoms with E-state index in [9.17, 15) is 14.7 Å². The van der Waals surface area contributed by atoms with Crippen LogP contribution in [0.25, 0.3) is 10.9 Å². The molecule has 0 spiro atoms. The number of fused-ring (bicyclic) bond motifs is 5. The summed E-state index contributed by atoms with van der Waals surface area (Å²) < 4.78 is 9.62. The molecule has 1 aromatic carbocycles. The van der Waals surface area contributed by atoms with E-state index in [1.807, 2.05) is 34.9 Å². The van der Waals surface area contributed by atoms with Crippen molar-refractivity contribution >= 4 is 38.4 Å². The van der Waals surface area contributed by atoms with Gasteiger partial charge in [-0.25, -0.2) is 0 Å². The fourth-order valence-electron chi connectivity index (χ4n) is 5.39. The summed E-state index contributed by atoms with van der Waals surface area (Å²) >= 11 is 3.48. The van der Waals surface area contributed by atoms with Gasteiger partial charge in [-0.3, -0.25) is 19.1 Å². The zero-order valence-corrected chi connectivity index (χ0v) is 20.3. The molecule has 6 rings (SSSR count). The average molecular weight is 536 g/mol. The van der Waals surface area contributed by atoms with Crippen molar-refractivity contribution in [3.8, 4) is 5.88 Å². The Balaban J connectivity index is 1.33. The first-order valence-electron chi connectivity index (χ1n) is 11.4. The third kappa shape index (κ3) is 3.92. The van der Waals surface area contributed by atoms with Gasteiger partial charge < -0.3 is 14.1 Å². The Morgan fingerprint density at radius 3 is 2.86 bits per heavy atom. The zero-order chi connectivity index (χ0) is 24.1. The molecule has 4 aromatic rings. The number of hydrogen-bond donors (Lipinski definition) is 1.